The lowest BCUT2D eigenvalue weighted by molar-refractivity contribution is 0.394. The molecule has 0 bridgehead atoms. The van der Waals surface area contributed by atoms with Gasteiger partial charge in [0.15, 0.2) is 0 Å². The SMILES string of the molecule is CCCCC(CC)CCC(C)c1ccc2cccnc2c1[O][Al][O]c1cccc2cccnc12. The molecule has 4 nitrogen and oxygen atoms in total. The minimum atomic E-state index is -0.760. The summed E-state index contributed by atoms with van der Waals surface area (Å²) in [6.07, 6.45) is 11.2. The first kappa shape index (κ1) is 24.5. The van der Waals surface area contributed by atoms with Crippen molar-refractivity contribution in [2.45, 2.75) is 65.2 Å². The highest BCUT2D eigenvalue weighted by Crippen LogP contribution is 2.36. The molecule has 0 N–H and O–H groups in total. The summed E-state index contributed by atoms with van der Waals surface area (Å²) in [5.74, 6) is 2.84. The average Bonchev–Trinajstić information content (AvgIpc) is 2.88. The molecule has 0 amide bonds. The number of aromatic nitrogens is 2. The van der Waals surface area contributed by atoms with E-state index in [4.69, 9.17) is 7.58 Å². The molecule has 5 heteroatoms. The number of rotatable bonds is 12. The van der Waals surface area contributed by atoms with E-state index in [1.807, 2.05) is 42.6 Å². The fourth-order valence-electron chi connectivity index (χ4n) is 4.63. The lowest BCUT2D eigenvalue weighted by atomic mass is 9.87. The molecule has 2 atom stereocenters. The molecular weight excluding hydrogens is 435 g/mol. The molecule has 4 rings (SSSR count). The molecule has 0 aliphatic heterocycles. The second kappa shape index (κ2) is 12.2. The number of hydrogen-bond acceptors (Lipinski definition) is 4. The number of hydrogen-bond donors (Lipinski definition) is 0. The smallest absolute Gasteiger partial charge is 0.614 e. The first-order valence-corrected chi connectivity index (χ1v) is 13.5. The fourth-order valence-corrected chi connectivity index (χ4v) is 5.31. The van der Waals surface area contributed by atoms with Gasteiger partial charge in [-0.2, -0.15) is 0 Å². The van der Waals surface area contributed by atoms with Gasteiger partial charge in [0.25, 0.3) is 0 Å². The highest BCUT2D eigenvalue weighted by atomic mass is 27.2. The van der Waals surface area contributed by atoms with Gasteiger partial charge in [0.05, 0.1) is 0 Å². The van der Waals surface area contributed by atoms with Gasteiger partial charge in [-0.15, -0.1) is 0 Å². The lowest BCUT2D eigenvalue weighted by Crippen LogP contribution is -2.14. The predicted octanol–water partition coefficient (Wildman–Crippen LogP) is 7.88. The zero-order valence-corrected chi connectivity index (χ0v) is 21.7. The third-order valence-corrected chi connectivity index (χ3v) is 7.46. The number of benzene rings is 2. The molecule has 175 valence electrons. The van der Waals surface area contributed by atoms with Crippen LogP contribution >= 0.6 is 0 Å². The average molecular weight is 470 g/mol. The van der Waals surface area contributed by atoms with E-state index < -0.39 is 15.9 Å². The second-order valence-corrected chi connectivity index (χ2v) is 9.78. The van der Waals surface area contributed by atoms with E-state index in [1.54, 1.807) is 6.20 Å². The van der Waals surface area contributed by atoms with Crippen LogP contribution in [-0.4, -0.2) is 25.9 Å². The molecule has 0 fully saturated rings. The van der Waals surface area contributed by atoms with Gasteiger partial charge < -0.3 is 7.58 Å². The van der Waals surface area contributed by atoms with Crippen LogP contribution in [0.25, 0.3) is 21.8 Å². The van der Waals surface area contributed by atoms with Gasteiger partial charge in [0.2, 0.25) is 0 Å². The standard InChI is InChI=1S/C20H29NO.C9H7NO.Al/c1-4-6-8-16(5-2)11-10-15(3)18-13-12-17-9-7-14-21-19(17)20(18)22;11-8-5-1-3-7-4-2-6-10-9(7)8;/h7,9,12-16,22H,4-6,8,10-11H2,1-3H3;1-6,11H;/q;;+2/p-2. The predicted molar refractivity (Wildman–Crippen MR) is 141 cm³/mol. The van der Waals surface area contributed by atoms with Gasteiger partial charge in [-0.05, 0) is 48.4 Å². The number of nitrogens with zero attached hydrogens (tertiary/aromatic N) is 2. The summed E-state index contributed by atoms with van der Waals surface area (Å²) in [6.45, 7) is 6.91. The van der Waals surface area contributed by atoms with Crippen LogP contribution in [0.3, 0.4) is 0 Å². The maximum atomic E-state index is 6.39. The van der Waals surface area contributed by atoms with Crippen LogP contribution in [0.2, 0.25) is 0 Å². The summed E-state index contributed by atoms with van der Waals surface area (Å²) in [4.78, 5) is 9.17. The Kier molecular flexibility index (Phi) is 8.80. The number of pyridine rings is 2. The number of para-hydroxylation sites is 1. The molecule has 0 aliphatic rings. The monoisotopic (exact) mass is 469 g/mol. The van der Waals surface area contributed by atoms with Crippen molar-refractivity contribution < 1.29 is 7.58 Å². The molecule has 2 aromatic carbocycles. The van der Waals surface area contributed by atoms with Crippen molar-refractivity contribution in [2.24, 2.45) is 5.92 Å². The Morgan fingerprint density at radius 2 is 1.53 bits per heavy atom. The molecule has 2 unspecified atom stereocenters. The molecule has 4 aromatic rings. The van der Waals surface area contributed by atoms with E-state index in [1.165, 1.54) is 37.7 Å². The van der Waals surface area contributed by atoms with Crippen LogP contribution < -0.4 is 7.58 Å². The Hall–Kier alpha value is -2.61. The minimum absolute atomic E-state index is 0.399. The van der Waals surface area contributed by atoms with Gasteiger partial charge in [0, 0.05) is 23.2 Å². The molecule has 34 heavy (non-hydrogen) atoms. The Bertz CT molecular complexity index is 1210. The van der Waals surface area contributed by atoms with E-state index in [-0.39, 0.29) is 0 Å². The summed E-state index contributed by atoms with van der Waals surface area (Å²) in [5, 5.41) is 2.16. The minimum Gasteiger partial charge on any atom is -0.614 e. The van der Waals surface area contributed by atoms with Crippen molar-refractivity contribution in [3.8, 4) is 11.5 Å². The Balaban J connectivity index is 1.52. The molecule has 0 spiro atoms. The Morgan fingerprint density at radius 3 is 2.29 bits per heavy atom. The van der Waals surface area contributed by atoms with Crippen molar-refractivity contribution in [3.05, 3.63) is 72.6 Å². The summed E-state index contributed by atoms with van der Waals surface area (Å²) in [6, 6.07) is 18.4. The van der Waals surface area contributed by atoms with E-state index >= 15 is 0 Å². The van der Waals surface area contributed by atoms with Crippen LogP contribution in [0.1, 0.15) is 70.8 Å². The van der Waals surface area contributed by atoms with Gasteiger partial charge in [0.1, 0.15) is 22.5 Å². The largest absolute Gasteiger partial charge is 0.882 e. The van der Waals surface area contributed by atoms with Crippen molar-refractivity contribution in [2.75, 3.05) is 0 Å². The maximum Gasteiger partial charge on any atom is 0.882 e. The fraction of sp³-hybridized carbons (Fsp3) is 0.379. The summed E-state index contributed by atoms with van der Waals surface area (Å²) >= 11 is -0.760. The summed E-state index contributed by atoms with van der Waals surface area (Å²) < 4.78 is 12.5. The highest BCUT2D eigenvalue weighted by Gasteiger charge is 2.19. The van der Waals surface area contributed by atoms with Crippen molar-refractivity contribution >= 4 is 37.7 Å². The van der Waals surface area contributed by atoms with Gasteiger partial charge in [-0.1, -0.05) is 82.9 Å². The van der Waals surface area contributed by atoms with E-state index in [0.717, 1.165) is 45.6 Å². The maximum absolute atomic E-state index is 6.39. The molecule has 1 radical (unpaired) electrons. The third kappa shape index (κ3) is 5.90. The zero-order valence-electron chi connectivity index (χ0n) is 20.5. The van der Waals surface area contributed by atoms with Gasteiger partial charge >= 0.3 is 15.9 Å². The summed E-state index contributed by atoms with van der Waals surface area (Å²) in [5.41, 5.74) is 3.00. The van der Waals surface area contributed by atoms with Gasteiger partial charge in [-0.3, -0.25) is 9.97 Å². The zero-order chi connectivity index (χ0) is 23.8. The van der Waals surface area contributed by atoms with E-state index in [2.05, 4.69) is 48.9 Å². The molecule has 2 heterocycles. The molecule has 0 saturated heterocycles. The first-order valence-electron chi connectivity index (χ1n) is 12.6. The quantitative estimate of drug-likeness (QED) is 0.198. The second-order valence-electron chi connectivity index (χ2n) is 9.12. The van der Waals surface area contributed by atoms with Crippen molar-refractivity contribution in [3.63, 3.8) is 0 Å². The number of unbranched alkanes of at least 4 members (excludes halogenated alkanes) is 1. The lowest BCUT2D eigenvalue weighted by Gasteiger charge is -2.22. The highest BCUT2D eigenvalue weighted by molar-refractivity contribution is 6.22. The number of fused-ring (bicyclic) bond motifs is 2. The topological polar surface area (TPSA) is 44.2 Å². The Morgan fingerprint density at radius 1 is 0.794 bits per heavy atom. The molecular formula is C29H34AlN2O2. The van der Waals surface area contributed by atoms with Crippen LogP contribution in [0.4, 0.5) is 0 Å². The van der Waals surface area contributed by atoms with E-state index in [0.29, 0.717) is 5.92 Å². The van der Waals surface area contributed by atoms with Gasteiger partial charge in [-0.25, -0.2) is 0 Å². The molecule has 2 aromatic heterocycles. The van der Waals surface area contributed by atoms with Crippen LogP contribution in [-0.2, 0) is 0 Å². The van der Waals surface area contributed by atoms with Crippen molar-refractivity contribution in [1.82, 2.24) is 9.97 Å². The molecule has 0 aliphatic carbocycles. The summed E-state index contributed by atoms with van der Waals surface area (Å²) in [7, 11) is 0. The third-order valence-electron chi connectivity index (χ3n) is 6.78. The van der Waals surface area contributed by atoms with Crippen LogP contribution in [0.5, 0.6) is 11.5 Å². The molecule has 0 saturated carbocycles. The van der Waals surface area contributed by atoms with Crippen LogP contribution in [0.15, 0.2) is 67.0 Å². The van der Waals surface area contributed by atoms with Crippen LogP contribution in [0, 0.1) is 5.92 Å². The normalized spacial score (nSPS) is 13.0. The van der Waals surface area contributed by atoms with Crippen molar-refractivity contribution in [1.29, 1.82) is 0 Å². The first-order chi connectivity index (χ1) is 16.7. The Labute approximate surface area is 210 Å². The van der Waals surface area contributed by atoms with E-state index in [9.17, 15) is 0 Å².